The molecule has 2 N–H and O–H groups in total. The van der Waals surface area contributed by atoms with Crippen LogP contribution in [0.1, 0.15) is 18.1 Å². The maximum absolute atomic E-state index is 12.6. The van der Waals surface area contributed by atoms with E-state index < -0.39 is 17.3 Å². The summed E-state index contributed by atoms with van der Waals surface area (Å²) in [4.78, 5) is 12.2. The number of rotatable bonds is 2. The van der Waals surface area contributed by atoms with Crippen LogP contribution in [0.5, 0.6) is 0 Å². The van der Waals surface area contributed by atoms with Gasteiger partial charge in [0.05, 0.1) is 5.56 Å². The van der Waals surface area contributed by atoms with E-state index in [1.807, 2.05) is 18.2 Å². The molecule has 0 spiro atoms. The van der Waals surface area contributed by atoms with E-state index in [-0.39, 0.29) is 5.91 Å². The summed E-state index contributed by atoms with van der Waals surface area (Å²) in [5, 5.41) is 5.78. The largest absolute Gasteiger partial charge is 0.416 e. The van der Waals surface area contributed by atoms with Crippen molar-refractivity contribution in [2.45, 2.75) is 18.6 Å². The van der Waals surface area contributed by atoms with Crippen LogP contribution in [0.15, 0.2) is 48.5 Å². The lowest BCUT2D eigenvalue weighted by Crippen LogP contribution is -2.39. The zero-order valence-corrected chi connectivity index (χ0v) is 11.7. The second-order valence-corrected chi connectivity index (χ2v) is 5.32. The third-order valence-corrected chi connectivity index (χ3v) is 3.77. The van der Waals surface area contributed by atoms with Crippen LogP contribution in [0, 0.1) is 0 Å². The highest BCUT2D eigenvalue weighted by atomic mass is 19.4. The fourth-order valence-corrected chi connectivity index (χ4v) is 2.55. The number of alkyl halides is 3. The molecule has 0 radical (unpaired) electrons. The second kappa shape index (κ2) is 4.76. The Labute approximate surface area is 125 Å². The summed E-state index contributed by atoms with van der Waals surface area (Å²) in [6, 6.07) is 11.8. The number of carbonyl (C=O) groups excluding carboxylic acids is 1. The second-order valence-electron chi connectivity index (χ2n) is 5.32. The summed E-state index contributed by atoms with van der Waals surface area (Å²) in [6.07, 6.45) is -4.38. The van der Waals surface area contributed by atoms with Gasteiger partial charge < -0.3 is 10.6 Å². The molecule has 0 saturated heterocycles. The fourth-order valence-electron chi connectivity index (χ4n) is 2.55. The van der Waals surface area contributed by atoms with E-state index in [1.54, 1.807) is 13.0 Å². The Balaban J connectivity index is 1.91. The van der Waals surface area contributed by atoms with Crippen LogP contribution in [-0.2, 0) is 16.5 Å². The van der Waals surface area contributed by atoms with E-state index in [1.165, 1.54) is 12.1 Å². The number of hydrogen-bond acceptors (Lipinski definition) is 2. The first-order valence-corrected chi connectivity index (χ1v) is 6.67. The SMILES string of the molecule is C[C@@]1(Nc2ccc(C(F)(F)F)cc2)C(=O)Nc2ccccc21. The lowest BCUT2D eigenvalue weighted by molar-refractivity contribution is -0.137. The first kappa shape index (κ1) is 14.4. The van der Waals surface area contributed by atoms with Gasteiger partial charge in [0, 0.05) is 16.9 Å². The number of anilines is 2. The van der Waals surface area contributed by atoms with Gasteiger partial charge in [0.25, 0.3) is 5.91 Å². The third-order valence-electron chi connectivity index (χ3n) is 3.77. The van der Waals surface area contributed by atoms with Crippen molar-refractivity contribution in [2.75, 3.05) is 10.6 Å². The highest BCUT2D eigenvalue weighted by molar-refractivity contribution is 6.07. The van der Waals surface area contributed by atoms with Gasteiger partial charge in [0.15, 0.2) is 0 Å². The molecule has 1 aliphatic rings. The molecule has 0 aliphatic carbocycles. The van der Waals surface area contributed by atoms with Crippen molar-refractivity contribution in [3.8, 4) is 0 Å². The Morgan fingerprint density at radius 2 is 1.68 bits per heavy atom. The van der Waals surface area contributed by atoms with Crippen LogP contribution in [0.2, 0.25) is 0 Å². The number of fused-ring (bicyclic) bond motifs is 1. The minimum Gasteiger partial charge on any atom is -0.368 e. The fraction of sp³-hybridized carbons (Fsp3) is 0.188. The average Bonchev–Trinajstić information content (AvgIpc) is 2.71. The Hall–Kier alpha value is -2.50. The zero-order chi connectivity index (χ0) is 16.0. The van der Waals surface area contributed by atoms with E-state index in [0.29, 0.717) is 11.4 Å². The van der Waals surface area contributed by atoms with E-state index in [4.69, 9.17) is 0 Å². The van der Waals surface area contributed by atoms with Crippen molar-refractivity contribution < 1.29 is 18.0 Å². The Morgan fingerprint density at radius 1 is 1.05 bits per heavy atom. The van der Waals surface area contributed by atoms with Crippen molar-refractivity contribution in [1.82, 2.24) is 0 Å². The standard InChI is InChI=1S/C16H13F3N2O/c1-15(12-4-2-3-5-13(12)20-14(15)22)21-11-8-6-10(7-9-11)16(17,18)19/h2-9,21H,1H3,(H,20,22)/t15-/m0/s1. The first-order valence-electron chi connectivity index (χ1n) is 6.67. The number of halogens is 3. The van der Waals surface area contributed by atoms with Crippen molar-refractivity contribution in [1.29, 1.82) is 0 Å². The molecule has 0 saturated carbocycles. The Morgan fingerprint density at radius 3 is 2.32 bits per heavy atom. The van der Waals surface area contributed by atoms with E-state index in [0.717, 1.165) is 17.7 Å². The number of amides is 1. The molecule has 2 aromatic carbocycles. The quantitative estimate of drug-likeness (QED) is 0.881. The molecule has 3 nitrogen and oxygen atoms in total. The van der Waals surface area contributed by atoms with E-state index in [9.17, 15) is 18.0 Å². The highest BCUT2D eigenvalue weighted by Crippen LogP contribution is 2.38. The van der Waals surface area contributed by atoms with Gasteiger partial charge >= 0.3 is 6.18 Å². The predicted octanol–water partition coefficient (Wildman–Crippen LogP) is 3.98. The summed E-state index contributed by atoms with van der Waals surface area (Å²) in [5.74, 6) is -0.242. The number of carbonyl (C=O) groups is 1. The number of nitrogens with one attached hydrogen (secondary N) is 2. The number of hydrogen-bond donors (Lipinski definition) is 2. The third kappa shape index (κ3) is 2.30. The molecule has 1 aliphatic heterocycles. The Bertz CT molecular complexity index is 725. The van der Waals surface area contributed by atoms with Gasteiger partial charge in [0.1, 0.15) is 5.54 Å². The molecule has 0 bridgehead atoms. The van der Waals surface area contributed by atoms with Gasteiger partial charge in [-0.3, -0.25) is 4.79 Å². The monoisotopic (exact) mass is 306 g/mol. The molecule has 114 valence electrons. The predicted molar refractivity (Wildman–Crippen MR) is 77.5 cm³/mol. The van der Waals surface area contributed by atoms with Gasteiger partial charge in [0.2, 0.25) is 0 Å². The molecule has 1 amide bonds. The molecular weight excluding hydrogens is 293 g/mol. The Kier molecular flexibility index (Phi) is 3.12. The average molecular weight is 306 g/mol. The molecule has 2 aromatic rings. The van der Waals surface area contributed by atoms with E-state index >= 15 is 0 Å². The summed E-state index contributed by atoms with van der Waals surface area (Å²) >= 11 is 0. The molecule has 22 heavy (non-hydrogen) atoms. The molecule has 0 fully saturated rings. The zero-order valence-electron chi connectivity index (χ0n) is 11.7. The molecular formula is C16H13F3N2O. The van der Waals surface area contributed by atoms with Gasteiger partial charge in [-0.2, -0.15) is 13.2 Å². The normalized spacial score (nSPS) is 20.5. The van der Waals surface area contributed by atoms with Crippen LogP contribution in [0.25, 0.3) is 0 Å². The van der Waals surface area contributed by atoms with E-state index in [2.05, 4.69) is 10.6 Å². The molecule has 0 aromatic heterocycles. The van der Waals surface area contributed by atoms with Crippen LogP contribution < -0.4 is 10.6 Å². The highest BCUT2D eigenvalue weighted by Gasteiger charge is 2.42. The van der Waals surface area contributed by atoms with Crippen LogP contribution in [0.3, 0.4) is 0 Å². The number of para-hydroxylation sites is 1. The lowest BCUT2D eigenvalue weighted by Gasteiger charge is -2.25. The molecule has 6 heteroatoms. The molecule has 1 atom stereocenters. The molecule has 1 heterocycles. The van der Waals surface area contributed by atoms with Gasteiger partial charge in [-0.25, -0.2) is 0 Å². The summed E-state index contributed by atoms with van der Waals surface area (Å²) in [7, 11) is 0. The van der Waals surface area contributed by atoms with Gasteiger partial charge in [-0.15, -0.1) is 0 Å². The van der Waals surface area contributed by atoms with Crippen molar-refractivity contribution in [3.05, 3.63) is 59.7 Å². The first-order chi connectivity index (χ1) is 10.3. The number of benzene rings is 2. The smallest absolute Gasteiger partial charge is 0.368 e. The van der Waals surface area contributed by atoms with Crippen LogP contribution in [0.4, 0.5) is 24.5 Å². The van der Waals surface area contributed by atoms with Crippen LogP contribution in [-0.4, -0.2) is 5.91 Å². The maximum atomic E-state index is 12.6. The molecule has 0 unspecified atom stereocenters. The summed E-state index contributed by atoms with van der Waals surface area (Å²) in [6.45, 7) is 1.70. The summed E-state index contributed by atoms with van der Waals surface area (Å²) in [5.41, 5.74) is 0.173. The van der Waals surface area contributed by atoms with Crippen molar-refractivity contribution in [3.63, 3.8) is 0 Å². The summed E-state index contributed by atoms with van der Waals surface area (Å²) < 4.78 is 37.7. The van der Waals surface area contributed by atoms with Gasteiger partial charge in [-0.05, 0) is 37.3 Å². The lowest BCUT2D eigenvalue weighted by atomic mass is 9.93. The maximum Gasteiger partial charge on any atom is 0.416 e. The van der Waals surface area contributed by atoms with Gasteiger partial charge in [-0.1, -0.05) is 18.2 Å². The van der Waals surface area contributed by atoms with Crippen molar-refractivity contribution in [2.24, 2.45) is 0 Å². The minimum absolute atomic E-state index is 0.242. The topological polar surface area (TPSA) is 41.1 Å². The minimum atomic E-state index is -4.38. The van der Waals surface area contributed by atoms with Crippen molar-refractivity contribution >= 4 is 17.3 Å². The molecule has 3 rings (SSSR count). The van der Waals surface area contributed by atoms with Crippen LogP contribution >= 0.6 is 0 Å².